The first-order valence-electron chi connectivity index (χ1n) is 18.6. The molecule has 0 saturated carbocycles. The zero-order valence-corrected chi connectivity index (χ0v) is 50.8. The van der Waals surface area contributed by atoms with Gasteiger partial charge in [-0.15, -0.1) is 11.6 Å². The summed E-state index contributed by atoms with van der Waals surface area (Å²) in [7, 11) is 0. The SMILES string of the molecule is CC(C)n1cc(C(F)(F)F)nc1-c1ccc(CCl)cc1F.CC(C)n1cc(C(F)(F)F)nc1-c1ccc(Cn2cnc3cnc(Cl)nc32)cc1F.Clc1ncc2cc[nH]c2n1.O=CO[O-].[Cs+].[Cs+].[H-]. The van der Waals surface area contributed by atoms with Crippen LogP contribution in [0.25, 0.3) is 45.0 Å². The molecule has 0 aliphatic rings. The normalized spacial score (nSPS) is 11.2. The van der Waals surface area contributed by atoms with Crippen LogP contribution in [0.15, 0.2) is 79.8 Å². The van der Waals surface area contributed by atoms with Crippen LogP contribution < -0.4 is 143 Å². The van der Waals surface area contributed by atoms with E-state index in [0.717, 1.165) is 23.4 Å². The monoisotopic (exact) mass is 1240 g/mol. The molecular weight excluding hydrogens is 1210 g/mol. The molecule has 6 heterocycles. The van der Waals surface area contributed by atoms with Crippen molar-refractivity contribution in [3.63, 3.8) is 0 Å². The van der Waals surface area contributed by atoms with Gasteiger partial charge in [0, 0.05) is 48.1 Å². The zero-order valence-electron chi connectivity index (χ0n) is 37.0. The molecule has 67 heavy (non-hydrogen) atoms. The topological polar surface area (TPSA) is 170 Å². The number of carbonyl (C=O) groups is 1. The van der Waals surface area contributed by atoms with Crippen LogP contribution in [0.1, 0.15) is 63.7 Å². The van der Waals surface area contributed by atoms with E-state index in [9.17, 15) is 35.1 Å². The van der Waals surface area contributed by atoms with E-state index in [2.05, 4.69) is 44.8 Å². The number of alkyl halides is 7. The predicted octanol–water partition coefficient (Wildman–Crippen LogP) is 4.32. The number of hydrogen-bond donors (Lipinski definition) is 1. The Labute approximate surface area is 509 Å². The number of carbonyl (C=O) groups excluding carboxylic acids is 1. The molecule has 27 heteroatoms. The molecule has 0 atom stereocenters. The second-order valence-electron chi connectivity index (χ2n) is 14.0. The number of fused-ring (bicyclic) bond motifs is 2. The van der Waals surface area contributed by atoms with E-state index in [4.69, 9.17) is 44.9 Å². The summed E-state index contributed by atoms with van der Waals surface area (Å²) in [6.07, 6.45) is -0.893. The minimum Gasteiger partial charge on any atom is -1.00 e. The van der Waals surface area contributed by atoms with Gasteiger partial charge in [0.05, 0.1) is 30.2 Å². The minimum atomic E-state index is -4.61. The molecule has 8 rings (SSSR count). The van der Waals surface area contributed by atoms with Gasteiger partial charge in [0.2, 0.25) is 10.6 Å². The average molecular weight is 1240 g/mol. The fourth-order valence-electron chi connectivity index (χ4n) is 5.87. The van der Waals surface area contributed by atoms with Crippen molar-refractivity contribution in [2.45, 2.75) is 64.6 Å². The molecule has 8 aromatic rings. The van der Waals surface area contributed by atoms with Crippen molar-refractivity contribution in [1.29, 1.82) is 0 Å². The molecule has 2 aromatic carbocycles. The van der Waals surface area contributed by atoms with Gasteiger partial charge in [-0.05, 0) is 92.4 Å². The van der Waals surface area contributed by atoms with E-state index < -0.39 is 35.4 Å². The summed E-state index contributed by atoms with van der Waals surface area (Å²) in [5.41, 5.74) is 0.848. The van der Waals surface area contributed by atoms with Crippen LogP contribution in [0, 0.1) is 11.6 Å². The number of imidazole rings is 3. The molecule has 0 aliphatic heterocycles. The molecule has 0 saturated heterocycles. The number of aromatic nitrogens is 11. The van der Waals surface area contributed by atoms with Gasteiger partial charge in [-0.1, -0.05) is 12.1 Å². The van der Waals surface area contributed by atoms with E-state index in [0.29, 0.717) is 22.3 Å². The largest absolute Gasteiger partial charge is 1.00 e. The first-order chi connectivity index (χ1) is 30.6. The van der Waals surface area contributed by atoms with Crippen LogP contribution in [0.3, 0.4) is 0 Å². The third kappa shape index (κ3) is 15.9. The molecule has 14 nitrogen and oxygen atoms in total. The Morgan fingerprint density at radius 3 is 1.73 bits per heavy atom. The minimum absolute atomic E-state index is 0. The Hall–Kier alpha value is -2.13. The number of benzene rings is 2. The van der Waals surface area contributed by atoms with E-state index in [1.807, 2.05) is 6.07 Å². The van der Waals surface area contributed by atoms with Crippen molar-refractivity contribution in [3.8, 4) is 22.8 Å². The van der Waals surface area contributed by atoms with Crippen molar-refractivity contribution in [2.24, 2.45) is 0 Å². The maximum atomic E-state index is 14.9. The van der Waals surface area contributed by atoms with Crippen molar-refractivity contribution < 1.29 is 189 Å². The van der Waals surface area contributed by atoms with Crippen LogP contribution >= 0.6 is 34.8 Å². The van der Waals surface area contributed by atoms with Crippen molar-refractivity contribution in [1.82, 2.24) is 53.6 Å². The zero-order chi connectivity index (χ0) is 47.8. The number of hydrogen-bond acceptors (Lipinski definition) is 10. The van der Waals surface area contributed by atoms with Crippen LogP contribution in [0.5, 0.6) is 0 Å². The van der Waals surface area contributed by atoms with Gasteiger partial charge in [0.15, 0.2) is 17.0 Å². The summed E-state index contributed by atoms with van der Waals surface area (Å²) < 4.78 is 111. The summed E-state index contributed by atoms with van der Waals surface area (Å²) in [6, 6.07) is 9.76. The van der Waals surface area contributed by atoms with Crippen LogP contribution in [0.2, 0.25) is 10.6 Å². The van der Waals surface area contributed by atoms with E-state index in [-0.39, 0.29) is 204 Å². The van der Waals surface area contributed by atoms with E-state index >= 15 is 0 Å². The third-order valence-corrected chi connectivity index (χ3v) is 9.53. The van der Waals surface area contributed by atoms with E-state index in [1.165, 1.54) is 45.9 Å². The summed E-state index contributed by atoms with van der Waals surface area (Å²) in [6.45, 7) is 6.88. The first kappa shape index (κ1) is 59.2. The smallest absolute Gasteiger partial charge is 1.00 e. The van der Waals surface area contributed by atoms with Gasteiger partial charge in [-0.2, -0.15) is 36.3 Å². The second-order valence-corrected chi connectivity index (χ2v) is 14.9. The molecule has 346 valence electrons. The third-order valence-electron chi connectivity index (χ3n) is 8.85. The molecule has 0 bridgehead atoms. The average Bonchev–Trinajstić information content (AvgIpc) is 4.07. The Morgan fingerprint density at radius 2 is 1.25 bits per heavy atom. The van der Waals surface area contributed by atoms with Crippen LogP contribution in [0.4, 0.5) is 35.1 Å². The molecule has 0 aliphatic carbocycles. The Kier molecular flexibility index (Phi) is 23.3. The fraction of sp³-hybridized carbons (Fsp3) is 0.250. The standard InChI is InChI=1S/C19H15ClF4N6.C14H13ClF4N2.C6H4ClN3.CH2O3.2Cs.H/c1-10(2)30-8-15(19(22,23)24)27-16(30)12-4-3-11(5-13(12)21)7-29-9-26-14-6-25-18(20)28-17(14)29;1-8(2)21-7-12(14(17,18)19)20-13(21)10-4-3-9(6-15)5-11(10)16;7-6-9-3-4-1-2-8-5(4)10-6;2-1-4-3;;;/h3-6,8-10H,7H2,1-2H3;3-5,7-8H,6H2,1-2H3;1-3H,(H,8,9,10);1,3H;;;/q;;;;2*+1;-1/p-1. The maximum Gasteiger partial charge on any atom is 1.00 e. The Morgan fingerprint density at radius 1 is 0.761 bits per heavy atom. The summed E-state index contributed by atoms with van der Waals surface area (Å²) in [4.78, 5) is 41.3. The molecule has 1 N–H and O–H groups in total. The molecule has 0 spiro atoms. The molecule has 0 amide bonds. The summed E-state index contributed by atoms with van der Waals surface area (Å²) in [5, 5.41) is 9.74. The van der Waals surface area contributed by atoms with Gasteiger partial charge in [-0.25, -0.2) is 33.7 Å². The number of nitrogens with zero attached hydrogens (tertiary/aromatic N) is 10. The molecule has 0 radical (unpaired) electrons. The Bertz CT molecular complexity index is 2900. The number of H-pyrrole nitrogens is 1. The van der Waals surface area contributed by atoms with Crippen LogP contribution in [-0.2, 0) is 34.5 Å². The second kappa shape index (κ2) is 26.4. The predicted molar refractivity (Wildman–Crippen MR) is 222 cm³/mol. The summed E-state index contributed by atoms with van der Waals surface area (Å²) in [5.74, 6) is -1.31. The van der Waals surface area contributed by atoms with Gasteiger partial charge in [0.25, 0.3) is 6.47 Å². The molecule has 6 aromatic heterocycles. The van der Waals surface area contributed by atoms with Crippen LogP contribution in [-0.4, -0.2) is 60.0 Å². The van der Waals surface area contributed by atoms with Crippen molar-refractivity contribution in [2.75, 3.05) is 0 Å². The summed E-state index contributed by atoms with van der Waals surface area (Å²) >= 11 is 17.0. The van der Waals surface area contributed by atoms with Gasteiger partial charge in [-0.3, -0.25) is 4.79 Å². The number of aromatic amines is 1. The first-order valence-corrected chi connectivity index (χ1v) is 19.9. The molecular formula is C40H34Cl3Cs2F8N11O3. The Balaban J connectivity index is 0.000000362. The van der Waals surface area contributed by atoms with Crippen molar-refractivity contribution in [3.05, 3.63) is 124 Å². The number of nitrogens with one attached hydrogen (secondary N) is 1. The van der Waals surface area contributed by atoms with Gasteiger partial charge >= 0.3 is 150 Å². The van der Waals surface area contributed by atoms with Gasteiger partial charge in [0.1, 0.15) is 34.4 Å². The quantitative estimate of drug-likeness (QED) is 0.0578. The number of halogens is 11. The maximum absolute atomic E-state index is 14.9. The van der Waals surface area contributed by atoms with E-state index in [1.54, 1.807) is 56.8 Å². The van der Waals surface area contributed by atoms with Gasteiger partial charge < -0.3 is 30.3 Å². The fourth-order valence-corrected chi connectivity index (χ4v) is 6.30. The number of rotatable bonds is 8. The molecule has 0 unspecified atom stereocenters. The molecule has 0 fully saturated rings. The van der Waals surface area contributed by atoms with Crippen molar-refractivity contribution >= 4 is 63.5 Å².